The zero-order chi connectivity index (χ0) is 17.3. The van der Waals surface area contributed by atoms with Crippen LogP contribution in [0.2, 0.25) is 0 Å². The third-order valence-electron chi connectivity index (χ3n) is 3.52. The van der Waals surface area contributed by atoms with Crippen molar-refractivity contribution in [1.82, 2.24) is 24.8 Å². The average Bonchev–Trinajstić information content (AvgIpc) is 3.13. The maximum absolute atomic E-state index is 13.1. The third kappa shape index (κ3) is 2.87. The summed E-state index contributed by atoms with van der Waals surface area (Å²) in [5, 5.41) is 13.8. The van der Waals surface area contributed by atoms with Crippen LogP contribution in [0.25, 0.3) is 5.69 Å². The molecule has 0 bridgehead atoms. The summed E-state index contributed by atoms with van der Waals surface area (Å²) in [4.78, 5) is 12.3. The number of hydrogen-bond donors (Lipinski definition) is 1. The van der Waals surface area contributed by atoms with Gasteiger partial charge in [0, 0.05) is 11.4 Å². The number of halogens is 2. The molecule has 1 N–H and O–H groups in total. The smallest absolute Gasteiger partial charge is 0.319 e. The van der Waals surface area contributed by atoms with Crippen molar-refractivity contribution < 1.29 is 13.6 Å². The first-order valence-corrected chi connectivity index (χ1v) is 7.10. The molecule has 0 unspecified atom stereocenters. The van der Waals surface area contributed by atoms with E-state index < -0.39 is 12.5 Å². The number of amides is 1. The Morgan fingerprint density at radius 2 is 2.00 bits per heavy atom. The molecule has 7 nitrogen and oxygen atoms in total. The summed E-state index contributed by atoms with van der Waals surface area (Å²) in [6, 6.07) is 9.63. The van der Waals surface area contributed by atoms with E-state index in [9.17, 15) is 13.6 Å². The summed E-state index contributed by atoms with van der Waals surface area (Å²) in [5.74, 6) is -0.0327. The molecule has 0 aliphatic heterocycles. The number of rotatable bonds is 4. The van der Waals surface area contributed by atoms with E-state index in [4.69, 9.17) is 0 Å². The van der Waals surface area contributed by atoms with Crippen molar-refractivity contribution >= 4 is 11.6 Å². The molecule has 3 aromatic rings. The largest absolute Gasteiger partial charge is 0.321 e. The van der Waals surface area contributed by atoms with Crippen LogP contribution in [0.5, 0.6) is 0 Å². The van der Waals surface area contributed by atoms with E-state index >= 15 is 0 Å². The Kier molecular flexibility index (Phi) is 4.07. The molecule has 0 spiro atoms. The van der Waals surface area contributed by atoms with Crippen molar-refractivity contribution in [3.05, 3.63) is 53.6 Å². The molecule has 9 heteroatoms. The summed E-state index contributed by atoms with van der Waals surface area (Å²) >= 11 is 0. The van der Waals surface area contributed by atoms with Gasteiger partial charge >= 0.3 is 6.55 Å². The molecule has 0 saturated carbocycles. The van der Waals surface area contributed by atoms with Gasteiger partial charge in [0.05, 0.1) is 5.69 Å². The molecule has 0 radical (unpaired) electrons. The van der Waals surface area contributed by atoms with Gasteiger partial charge in [-0.3, -0.25) is 9.36 Å². The Bertz CT molecular complexity index is 886. The van der Waals surface area contributed by atoms with E-state index in [1.807, 2.05) is 0 Å². The number of aryl methyl sites for hydroxylation is 2. The highest BCUT2D eigenvalue weighted by molar-refractivity contribution is 6.03. The Balaban J connectivity index is 1.87. The van der Waals surface area contributed by atoms with Crippen LogP contribution in [-0.2, 0) is 0 Å². The molecule has 3 rings (SSSR count). The van der Waals surface area contributed by atoms with Crippen LogP contribution in [0, 0.1) is 13.8 Å². The molecule has 124 valence electrons. The van der Waals surface area contributed by atoms with Gasteiger partial charge in [0.2, 0.25) is 0 Å². The highest BCUT2D eigenvalue weighted by Gasteiger charge is 2.19. The lowest BCUT2D eigenvalue weighted by atomic mass is 10.2. The van der Waals surface area contributed by atoms with Crippen LogP contribution in [0.3, 0.4) is 0 Å². The number of carbonyl (C=O) groups is 1. The van der Waals surface area contributed by atoms with Crippen LogP contribution >= 0.6 is 0 Å². The fourth-order valence-corrected chi connectivity index (χ4v) is 2.38. The first-order valence-electron chi connectivity index (χ1n) is 7.10. The number of nitrogens with zero attached hydrogens (tertiary/aromatic N) is 5. The molecule has 1 aromatic carbocycles. The van der Waals surface area contributed by atoms with Gasteiger partial charge in [-0.15, -0.1) is 5.10 Å². The number of tetrazole rings is 1. The van der Waals surface area contributed by atoms with Crippen molar-refractivity contribution in [1.29, 1.82) is 0 Å². The number of alkyl halides is 2. The number of hydrogen-bond acceptors (Lipinski definition) is 4. The summed E-state index contributed by atoms with van der Waals surface area (Å²) < 4.78 is 28.3. The normalized spacial score (nSPS) is 11.0. The molecule has 0 atom stereocenters. The Hall–Kier alpha value is -3.10. The summed E-state index contributed by atoms with van der Waals surface area (Å²) in [6.45, 7) is 0.476. The quantitative estimate of drug-likeness (QED) is 0.797. The third-order valence-corrected chi connectivity index (χ3v) is 3.52. The van der Waals surface area contributed by atoms with Gasteiger partial charge in [0.25, 0.3) is 5.91 Å². The fraction of sp³-hybridized carbons (Fsp3) is 0.200. The maximum Gasteiger partial charge on any atom is 0.319 e. The molecule has 2 aromatic heterocycles. The summed E-state index contributed by atoms with van der Waals surface area (Å²) in [7, 11) is 0. The van der Waals surface area contributed by atoms with E-state index in [1.54, 1.807) is 31.2 Å². The number of aromatic nitrogens is 5. The van der Waals surface area contributed by atoms with Crippen molar-refractivity contribution in [3.8, 4) is 5.69 Å². The average molecular weight is 332 g/mol. The minimum atomic E-state index is -2.78. The molecule has 0 aliphatic rings. The molecule has 0 aliphatic carbocycles. The van der Waals surface area contributed by atoms with Crippen LogP contribution in [0.1, 0.15) is 28.6 Å². The van der Waals surface area contributed by atoms with Crippen LogP contribution in [0.4, 0.5) is 14.5 Å². The van der Waals surface area contributed by atoms with Crippen LogP contribution in [0.15, 0.2) is 36.4 Å². The van der Waals surface area contributed by atoms with E-state index in [0.29, 0.717) is 27.5 Å². The molecule has 0 saturated heterocycles. The first kappa shape index (κ1) is 15.8. The minimum absolute atomic E-state index is 0.105. The van der Waals surface area contributed by atoms with Crippen molar-refractivity contribution in [3.63, 3.8) is 0 Å². The zero-order valence-electron chi connectivity index (χ0n) is 12.9. The SMILES string of the molecule is Cc1nnnn1-c1cccc(NC(=O)c2ccc(C)n2C(F)F)c1. The molecular weight excluding hydrogens is 318 g/mol. The van der Waals surface area contributed by atoms with Crippen molar-refractivity contribution in [2.24, 2.45) is 0 Å². The zero-order valence-corrected chi connectivity index (χ0v) is 12.9. The van der Waals surface area contributed by atoms with E-state index in [-0.39, 0.29) is 5.69 Å². The van der Waals surface area contributed by atoms with Gasteiger partial charge in [0.15, 0.2) is 5.82 Å². The molecule has 2 heterocycles. The summed E-state index contributed by atoms with van der Waals surface area (Å²) in [5.41, 5.74) is 1.31. The number of carbonyl (C=O) groups excluding carboxylic acids is 1. The van der Waals surface area contributed by atoms with Gasteiger partial charge in [-0.05, 0) is 54.6 Å². The Labute approximate surface area is 135 Å². The van der Waals surface area contributed by atoms with Gasteiger partial charge in [-0.25, -0.2) is 0 Å². The number of anilines is 1. The Morgan fingerprint density at radius 3 is 2.67 bits per heavy atom. The highest BCUT2D eigenvalue weighted by atomic mass is 19.3. The lowest BCUT2D eigenvalue weighted by Gasteiger charge is -2.11. The molecule has 24 heavy (non-hydrogen) atoms. The lowest BCUT2D eigenvalue weighted by molar-refractivity contribution is 0.0632. The second kappa shape index (κ2) is 6.19. The summed E-state index contributed by atoms with van der Waals surface area (Å²) in [6.07, 6.45) is 0. The maximum atomic E-state index is 13.1. The van der Waals surface area contributed by atoms with Gasteiger partial charge < -0.3 is 5.32 Å². The predicted molar refractivity (Wildman–Crippen MR) is 82.3 cm³/mol. The molecular formula is C15H14F2N6O. The fourth-order valence-electron chi connectivity index (χ4n) is 2.38. The predicted octanol–water partition coefficient (Wildman–Crippen LogP) is 2.73. The van der Waals surface area contributed by atoms with Gasteiger partial charge in [0.1, 0.15) is 5.69 Å². The number of nitrogens with one attached hydrogen (secondary N) is 1. The molecule has 0 fully saturated rings. The highest BCUT2D eigenvalue weighted by Crippen LogP contribution is 2.21. The number of benzene rings is 1. The standard InChI is InChI=1S/C15H14F2N6O/c1-9-6-7-13(22(9)15(16)17)14(24)18-11-4-3-5-12(8-11)23-10(2)19-20-21-23/h3-8,15H,1-2H3,(H,18,24). The lowest BCUT2D eigenvalue weighted by Crippen LogP contribution is -2.18. The monoisotopic (exact) mass is 332 g/mol. The molecule has 1 amide bonds. The van der Waals surface area contributed by atoms with E-state index in [0.717, 1.165) is 0 Å². The first-order chi connectivity index (χ1) is 11.5. The van der Waals surface area contributed by atoms with E-state index in [1.165, 1.54) is 23.7 Å². The second-order valence-corrected chi connectivity index (χ2v) is 5.15. The van der Waals surface area contributed by atoms with Gasteiger partial charge in [-0.1, -0.05) is 6.07 Å². The van der Waals surface area contributed by atoms with Gasteiger partial charge in [-0.2, -0.15) is 13.5 Å². The van der Waals surface area contributed by atoms with Crippen LogP contribution in [-0.4, -0.2) is 30.7 Å². The van der Waals surface area contributed by atoms with Crippen molar-refractivity contribution in [2.75, 3.05) is 5.32 Å². The van der Waals surface area contributed by atoms with Crippen LogP contribution < -0.4 is 5.32 Å². The second-order valence-electron chi connectivity index (χ2n) is 5.15. The van der Waals surface area contributed by atoms with Crippen molar-refractivity contribution in [2.45, 2.75) is 20.4 Å². The topological polar surface area (TPSA) is 77.6 Å². The minimum Gasteiger partial charge on any atom is -0.321 e. The Morgan fingerprint density at radius 1 is 1.21 bits per heavy atom. The van der Waals surface area contributed by atoms with E-state index in [2.05, 4.69) is 20.8 Å².